The molecule has 0 saturated heterocycles. The molecule has 0 saturated carbocycles. The molecule has 0 atom stereocenters. The van der Waals surface area contributed by atoms with Crippen molar-refractivity contribution in [2.75, 3.05) is 14.6 Å². The van der Waals surface area contributed by atoms with Crippen molar-refractivity contribution in [3.8, 4) is 11.1 Å². The van der Waals surface area contributed by atoms with Crippen molar-refractivity contribution in [1.29, 1.82) is 0 Å². The van der Waals surface area contributed by atoms with E-state index in [1.807, 2.05) is 0 Å². The van der Waals surface area contributed by atoms with Gasteiger partial charge in [0.2, 0.25) is 0 Å². The molecule has 0 fully saturated rings. The van der Waals surface area contributed by atoms with E-state index in [0.717, 1.165) is 28.4 Å². The second kappa shape index (κ2) is 11.9. The Morgan fingerprint density at radius 3 is 1.62 bits per heavy atom. The maximum atomic E-state index is 2.49. The van der Waals surface area contributed by atoms with Crippen molar-refractivity contribution in [3.63, 3.8) is 0 Å². The summed E-state index contributed by atoms with van der Waals surface area (Å²) in [6.07, 6.45) is 0. The zero-order chi connectivity index (χ0) is 33.8. The molecule has 2 aliphatic rings. The molecule has 0 aliphatic carbocycles. The van der Waals surface area contributed by atoms with Crippen molar-refractivity contribution in [3.05, 3.63) is 187 Å². The summed E-state index contributed by atoms with van der Waals surface area (Å²) < 4.78 is 0. The van der Waals surface area contributed by atoms with Gasteiger partial charge in [0.15, 0.2) is 0 Å². The van der Waals surface area contributed by atoms with Crippen LogP contribution in [-0.2, 0) is 5.41 Å². The Labute approximate surface area is 296 Å². The molecular weight excluding hydrogens is 605 g/mol. The van der Waals surface area contributed by atoms with Crippen molar-refractivity contribution in [2.45, 2.75) is 26.2 Å². The fourth-order valence-electron chi connectivity index (χ4n) is 7.94. The van der Waals surface area contributed by atoms with Gasteiger partial charge in [-0.15, -0.1) is 0 Å². The maximum absolute atomic E-state index is 2.49. The van der Waals surface area contributed by atoms with Gasteiger partial charge in [-0.25, -0.2) is 0 Å². The molecule has 0 bridgehead atoms. The van der Waals surface area contributed by atoms with Crippen molar-refractivity contribution in [2.24, 2.45) is 0 Å². The average Bonchev–Trinajstić information content (AvgIpc) is 3.16. The van der Waals surface area contributed by atoms with E-state index < -0.39 is 0 Å². The zero-order valence-corrected chi connectivity index (χ0v) is 28.6. The third-order valence-electron chi connectivity index (χ3n) is 10.3. The minimum atomic E-state index is -0.125. The van der Waals surface area contributed by atoms with Crippen LogP contribution in [0.1, 0.15) is 30.5 Å². The number of para-hydroxylation sites is 5. The fraction of sp³-hybridized carbons (Fsp3) is 0.0870. The summed E-state index contributed by atoms with van der Waals surface area (Å²) in [7, 11) is 2.35. The maximum Gasteiger partial charge on any atom is 0.293 e. The Hall–Kier alpha value is -6.00. The normalized spacial score (nSPS) is 13.7. The van der Waals surface area contributed by atoms with Crippen LogP contribution >= 0.6 is 0 Å². The van der Waals surface area contributed by atoms with Gasteiger partial charge in [-0.05, 0) is 101 Å². The summed E-state index contributed by atoms with van der Waals surface area (Å²) in [4.78, 5) is 7.21. The average molecular weight is 643 g/mol. The van der Waals surface area contributed by atoms with Gasteiger partial charge in [0.1, 0.15) is 0 Å². The summed E-state index contributed by atoms with van der Waals surface area (Å²) in [5, 5.41) is 0. The molecule has 0 spiro atoms. The highest BCUT2D eigenvalue weighted by Crippen LogP contribution is 2.52. The standard InChI is InChI=1S/C46H37BN3/c1-32-29-38-37-28-27-36(48(33-17-7-4-8-18-33)34-19-9-5-10-20-34)31-43(37)50(35-21-11-6-12-22-35)47-45(38)44(30-32)49-41-25-15-13-23-39(41)46(2,3)40-24-14-16-26-42(40)49/h4-31H,1-3H3. The smallest absolute Gasteiger partial charge is 0.293 e. The Morgan fingerprint density at radius 2 is 1.02 bits per heavy atom. The predicted octanol–water partition coefficient (Wildman–Crippen LogP) is 11.6. The lowest BCUT2D eigenvalue weighted by Gasteiger charge is -2.44. The number of hydrogen-bond donors (Lipinski definition) is 0. The van der Waals surface area contributed by atoms with Crippen molar-refractivity contribution in [1.82, 2.24) is 0 Å². The van der Waals surface area contributed by atoms with Crippen LogP contribution in [0, 0.1) is 6.92 Å². The molecule has 1 radical (unpaired) electrons. The first-order valence-electron chi connectivity index (χ1n) is 17.4. The van der Waals surface area contributed by atoms with Gasteiger partial charge in [0.05, 0.1) is 11.4 Å². The Bertz CT molecular complexity index is 2260. The van der Waals surface area contributed by atoms with Gasteiger partial charge in [-0.2, -0.15) is 0 Å². The van der Waals surface area contributed by atoms with Crippen molar-refractivity contribution < 1.29 is 0 Å². The zero-order valence-electron chi connectivity index (χ0n) is 28.6. The summed E-state index contributed by atoms with van der Waals surface area (Å²) in [6.45, 7) is 6.91. The lowest BCUT2D eigenvalue weighted by Crippen LogP contribution is -2.41. The van der Waals surface area contributed by atoms with Crippen LogP contribution in [0.2, 0.25) is 0 Å². The van der Waals surface area contributed by atoms with Gasteiger partial charge in [0, 0.05) is 45.1 Å². The van der Waals surface area contributed by atoms with E-state index in [4.69, 9.17) is 0 Å². The van der Waals surface area contributed by atoms with E-state index in [1.54, 1.807) is 0 Å². The molecule has 0 N–H and O–H groups in total. The molecule has 239 valence electrons. The van der Waals surface area contributed by atoms with Crippen LogP contribution in [0.3, 0.4) is 0 Å². The molecule has 4 heteroatoms. The summed E-state index contributed by atoms with van der Waals surface area (Å²) >= 11 is 0. The minimum Gasteiger partial charge on any atom is -0.385 e. The first kappa shape index (κ1) is 30.1. The molecule has 7 aromatic carbocycles. The molecule has 2 heterocycles. The van der Waals surface area contributed by atoms with E-state index in [-0.39, 0.29) is 5.41 Å². The van der Waals surface area contributed by atoms with Crippen LogP contribution in [0.4, 0.5) is 45.5 Å². The van der Waals surface area contributed by atoms with E-state index in [2.05, 4.69) is 213 Å². The fourth-order valence-corrected chi connectivity index (χ4v) is 7.94. The van der Waals surface area contributed by atoms with Crippen LogP contribution in [0.15, 0.2) is 170 Å². The molecule has 0 aromatic heterocycles. The summed E-state index contributed by atoms with van der Waals surface area (Å²) in [5.74, 6) is 0. The van der Waals surface area contributed by atoms with Gasteiger partial charge in [-0.3, -0.25) is 0 Å². The molecule has 0 amide bonds. The molecule has 7 aromatic rings. The molecule has 3 nitrogen and oxygen atoms in total. The number of nitrogens with zero attached hydrogens (tertiary/aromatic N) is 3. The highest BCUT2D eigenvalue weighted by molar-refractivity contribution is 6.65. The predicted molar refractivity (Wildman–Crippen MR) is 212 cm³/mol. The highest BCUT2D eigenvalue weighted by atomic mass is 15.2. The Balaban J connectivity index is 1.28. The highest BCUT2D eigenvalue weighted by Gasteiger charge is 2.38. The second-order valence-electron chi connectivity index (χ2n) is 13.8. The first-order valence-corrected chi connectivity index (χ1v) is 17.4. The van der Waals surface area contributed by atoms with Crippen LogP contribution in [0.5, 0.6) is 0 Å². The van der Waals surface area contributed by atoms with Crippen molar-refractivity contribution >= 4 is 58.4 Å². The first-order chi connectivity index (χ1) is 24.5. The third kappa shape index (κ3) is 4.82. The molecule has 2 aliphatic heterocycles. The largest absolute Gasteiger partial charge is 0.385 e. The second-order valence-corrected chi connectivity index (χ2v) is 13.8. The quantitative estimate of drug-likeness (QED) is 0.173. The molecular formula is C46H37BN3. The number of aryl methyl sites for hydroxylation is 1. The number of anilines is 8. The summed E-state index contributed by atoms with van der Waals surface area (Å²) in [5.41, 5.74) is 16.7. The minimum absolute atomic E-state index is 0.125. The van der Waals surface area contributed by atoms with Crippen LogP contribution in [0.25, 0.3) is 11.1 Å². The SMILES string of the molecule is Cc1cc2c(c(N3c4ccccc4C(C)(C)c4ccccc43)c1)[B]N(c1ccccc1)c1cc(N(c3ccccc3)c3ccccc3)ccc1-2. The van der Waals surface area contributed by atoms with E-state index in [0.29, 0.717) is 0 Å². The van der Waals surface area contributed by atoms with E-state index in [1.165, 1.54) is 50.3 Å². The molecule has 9 rings (SSSR count). The summed E-state index contributed by atoms with van der Waals surface area (Å²) in [6, 6.07) is 61.5. The number of benzene rings is 7. The lowest BCUT2D eigenvalue weighted by atomic mass is 9.68. The number of rotatable bonds is 5. The van der Waals surface area contributed by atoms with Crippen LogP contribution < -0.4 is 20.1 Å². The topological polar surface area (TPSA) is 9.72 Å². The Morgan fingerprint density at radius 1 is 0.480 bits per heavy atom. The Kier molecular flexibility index (Phi) is 7.13. The number of hydrogen-bond acceptors (Lipinski definition) is 3. The monoisotopic (exact) mass is 642 g/mol. The van der Waals surface area contributed by atoms with Gasteiger partial charge in [-0.1, -0.05) is 117 Å². The third-order valence-corrected chi connectivity index (χ3v) is 10.3. The van der Waals surface area contributed by atoms with Gasteiger partial charge >= 0.3 is 0 Å². The van der Waals surface area contributed by atoms with E-state index in [9.17, 15) is 0 Å². The number of fused-ring (bicyclic) bond motifs is 5. The van der Waals surface area contributed by atoms with Crippen LogP contribution in [-0.4, -0.2) is 7.41 Å². The van der Waals surface area contributed by atoms with Gasteiger partial charge < -0.3 is 14.6 Å². The lowest BCUT2D eigenvalue weighted by molar-refractivity contribution is 0.632. The van der Waals surface area contributed by atoms with Gasteiger partial charge in [0.25, 0.3) is 7.41 Å². The van der Waals surface area contributed by atoms with E-state index >= 15 is 0 Å². The molecule has 50 heavy (non-hydrogen) atoms. The molecule has 0 unspecified atom stereocenters.